The van der Waals surface area contributed by atoms with Crippen LogP contribution in [0.4, 0.5) is 8.78 Å². The average molecular weight is 254 g/mol. The summed E-state index contributed by atoms with van der Waals surface area (Å²) in [6.07, 6.45) is 0. The second-order valence-corrected chi connectivity index (χ2v) is 4.41. The summed E-state index contributed by atoms with van der Waals surface area (Å²) in [5, 5.41) is 3.01. The summed E-state index contributed by atoms with van der Waals surface area (Å²) in [7, 11) is 0. The highest BCUT2D eigenvalue weighted by Gasteiger charge is 2.29. The Hall–Kier alpha value is -1.49. The first-order chi connectivity index (χ1) is 8.63. The topological polar surface area (TPSA) is 32.3 Å². The van der Waals surface area contributed by atoms with E-state index >= 15 is 0 Å². The van der Waals surface area contributed by atoms with Crippen LogP contribution in [0.5, 0.6) is 0 Å². The van der Waals surface area contributed by atoms with Crippen LogP contribution < -0.4 is 5.32 Å². The van der Waals surface area contributed by atoms with Crippen LogP contribution in [0.15, 0.2) is 18.2 Å². The van der Waals surface area contributed by atoms with Crippen LogP contribution in [-0.2, 0) is 11.3 Å². The van der Waals surface area contributed by atoms with Crippen LogP contribution in [0, 0.1) is 17.6 Å². The molecule has 0 bridgehead atoms. The van der Waals surface area contributed by atoms with Gasteiger partial charge in [-0.25, -0.2) is 8.78 Å². The Balaban J connectivity index is 2.12. The lowest BCUT2D eigenvalue weighted by Crippen LogP contribution is -2.51. The van der Waals surface area contributed by atoms with Gasteiger partial charge in [0.05, 0.1) is 12.5 Å². The van der Waals surface area contributed by atoms with Crippen LogP contribution in [-0.4, -0.2) is 30.4 Å². The molecule has 1 N–H and O–H groups in total. The van der Waals surface area contributed by atoms with Crippen molar-refractivity contribution >= 4 is 5.91 Å². The molecule has 1 aromatic carbocycles. The number of carbonyl (C=O) groups excluding carboxylic acids is 1. The van der Waals surface area contributed by atoms with Crippen LogP contribution in [0.1, 0.15) is 12.5 Å². The lowest BCUT2D eigenvalue weighted by atomic mass is 10.0. The van der Waals surface area contributed by atoms with Gasteiger partial charge in [0.1, 0.15) is 11.6 Å². The molecule has 2 rings (SSSR count). The van der Waals surface area contributed by atoms with Gasteiger partial charge in [-0.05, 0) is 19.1 Å². The molecule has 1 saturated heterocycles. The Morgan fingerprint density at radius 2 is 2.00 bits per heavy atom. The number of hydrogen-bond acceptors (Lipinski definition) is 2. The molecule has 18 heavy (non-hydrogen) atoms. The van der Waals surface area contributed by atoms with E-state index in [0.717, 1.165) is 0 Å². The molecule has 1 amide bonds. The minimum absolute atomic E-state index is 0.00958. The summed E-state index contributed by atoms with van der Waals surface area (Å²) in [4.78, 5) is 13.5. The van der Waals surface area contributed by atoms with Crippen LogP contribution in [0.25, 0.3) is 0 Å². The summed E-state index contributed by atoms with van der Waals surface area (Å²) in [6, 6.07) is 3.74. The van der Waals surface area contributed by atoms with E-state index in [-0.39, 0.29) is 23.9 Å². The van der Waals surface area contributed by atoms with Gasteiger partial charge in [0.2, 0.25) is 5.91 Å². The number of nitrogens with zero attached hydrogens (tertiary/aromatic N) is 1. The first-order valence-electron chi connectivity index (χ1n) is 6.06. The first kappa shape index (κ1) is 13.0. The second-order valence-electron chi connectivity index (χ2n) is 4.41. The molecule has 98 valence electrons. The Labute approximate surface area is 105 Å². The highest BCUT2D eigenvalue weighted by molar-refractivity contribution is 5.80. The Morgan fingerprint density at radius 3 is 2.44 bits per heavy atom. The molecule has 0 radical (unpaired) electrons. The van der Waals surface area contributed by atoms with Gasteiger partial charge >= 0.3 is 0 Å². The fourth-order valence-electron chi connectivity index (χ4n) is 1.94. The third-order valence-electron chi connectivity index (χ3n) is 3.23. The zero-order chi connectivity index (χ0) is 13.1. The van der Waals surface area contributed by atoms with Gasteiger partial charge in [0.15, 0.2) is 0 Å². The van der Waals surface area contributed by atoms with Crippen LogP contribution in [0.3, 0.4) is 0 Å². The van der Waals surface area contributed by atoms with Gasteiger partial charge in [-0.3, -0.25) is 4.79 Å². The normalized spacial score (nSPS) is 15.3. The molecular weight excluding hydrogens is 238 g/mol. The molecule has 3 nitrogen and oxygen atoms in total. The zero-order valence-electron chi connectivity index (χ0n) is 10.2. The average Bonchev–Trinajstić information content (AvgIpc) is 2.26. The number of benzene rings is 1. The van der Waals surface area contributed by atoms with E-state index < -0.39 is 11.6 Å². The van der Waals surface area contributed by atoms with Crippen LogP contribution in [0.2, 0.25) is 0 Å². The third-order valence-corrected chi connectivity index (χ3v) is 3.23. The number of nitrogens with one attached hydrogen (secondary N) is 1. The maximum Gasteiger partial charge on any atom is 0.228 e. The van der Waals surface area contributed by atoms with Gasteiger partial charge in [-0.15, -0.1) is 0 Å². The van der Waals surface area contributed by atoms with Crippen molar-refractivity contribution in [3.8, 4) is 0 Å². The summed E-state index contributed by atoms with van der Waals surface area (Å²) >= 11 is 0. The maximum absolute atomic E-state index is 13.5. The van der Waals surface area contributed by atoms with Crippen molar-refractivity contribution in [2.75, 3.05) is 19.6 Å². The van der Waals surface area contributed by atoms with Crippen molar-refractivity contribution in [1.82, 2.24) is 10.2 Å². The zero-order valence-corrected chi connectivity index (χ0v) is 10.2. The summed E-state index contributed by atoms with van der Waals surface area (Å²) in [5.74, 6) is -1.31. The van der Waals surface area contributed by atoms with Gasteiger partial charge in [0, 0.05) is 25.2 Å². The van der Waals surface area contributed by atoms with E-state index in [0.29, 0.717) is 19.6 Å². The van der Waals surface area contributed by atoms with Gasteiger partial charge in [-0.1, -0.05) is 6.07 Å². The molecule has 1 aliphatic rings. The van der Waals surface area contributed by atoms with Crippen molar-refractivity contribution in [1.29, 1.82) is 0 Å². The lowest BCUT2D eigenvalue weighted by Gasteiger charge is -2.32. The fourth-order valence-corrected chi connectivity index (χ4v) is 1.94. The van der Waals surface area contributed by atoms with Crippen molar-refractivity contribution in [2.45, 2.75) is 13.5 Å². The van der Waals surface area contributed by atoms with E-state index in [4.69, 9.17) is 0 Å². The number of halogens is 2. The first-order valence-corrected chi connectivity index (χ1v) is 6.06. The van der Waals surface area contributed by atoms with Crippen molar-refractivity contribution in [3.05, 3.63) is 35.4 Å². The van der Waals surface area contributed by atoms with Crippen LogP contribution >= 0.6 is 0 Å². The van der Waals surface area contributed by atoms with Crippen molar-refractivity contribution in [2.24, 2.45) is 5.92 Å². The Bertz CT molecular complexity index is 426. The predicted octanol–water partition coefficient (Wildman–Crippen LogP) is 1.53. The van der Waals surface area contributed by atoms with E-state index in [2.05, 4.69) is 5.32 Å². The minimum atomic E-state index is -0.604. The smallest absolute Gasteiger partial charge is 0.228 e. The molecule has 0 aliphatic carbocycles. The number of hydrogen-bond donors (Lipinski definition) is 1. The van der Waals surface area contributed by atoms with Gasteiger partial charge < -0.3 is 10.2 Å². The largest absolute Gasteiger partial charge is 0.338 e. The second kappa shape index (κ2) is 5.44. The molecule has 1 heterocycles. The molecule has 1 aliphatic heterocycles. The van der Waals surface area contributed by atoms with Crippen molar-refractivity contribution < 1.29 is 13.6 Å². The highest BCUT2D eigenvalue weighted by Crippen LogP contribution is 2.17. The fraction of sp³-hybridized carbons (Fsp3) is 0.462. The molecule has 5 heteroatoms. The van der Waals surface area contributed by atoms with Gasteiger partial charge in [-0.2, -0.15) is 0 Å². The summed E-state index contributed by atoms with van der Waals surface area (Å²) in [5.41, 5.74) is -0.0417. The number of carbonyl (C=O) groups is 1. The van der Waals surface area contributed by atoms with E-state index in [9.17, 15) is 13.6 Å². The Morgan fingerprint density at radius 1 is 1.39 bits per heavy atom. The number of amides is 1. The third kappa shape index (κ3) is 2.51. The van der Waals surface area contributed by atoms with Crippen molar-refractivity contribution in [3.63, 3.8) is 0 Å². The number of rotatable bonds is 4. The molecule has 1 fully saturated rings. The monoisotopic (exact) mass is 254 g/mol. The Kier molecular flexibility index (Phi) is 3.91. The molecular formula is C13H16F2N2O. The SMILES string of the molecule is CCN(Cc1c(F)cccc1F)C(=O)C1CNC1. The molecule has 0 unspecified atom stereocenters. The quantitative estimate of drug-likeness (QED) is 0.883. The standard InChI is InChI=1S/C13H16F2N2O/c1-2-17(13(18)9-6-16-7-9)8-10-11(14)4-3-5-12(10)15/h3-5,9,16H,2,6-8H2,1H3. The molecule has 0 spiro atoms. The summed E-state index contributed by atoms with van der Waals surface area (Å²) in [6.45, 7) is 3.54. The lowest BCUT2D eigenvalue weighted by molar-refractivity contribution is -0.137. The van der Waals surface area contributed by atoms with E-state index in [1.54, 1.807) is 0 Å². The predicted molar refractivity (Wildman–Crippen MR) is 63.8 cm³/mol. The molecule has 0 saturated carbocycles. The highest BCUT2D eigenvalue weighted by atomic mass is 19.1. The molecule has 0 atom stereocenters. The summed E-state index contributed by atoms with van der Waals surface area (Å²) < 4.78 is 27.0. The molecule has 0 aromatic heterocycles. The van der Waals surface area contributed by atoms with Gasteiger partial charge in [0.25, 0.3) is 0 Å². The molecule has 1 aromatic rings. The van der Waals surface area contributed by atoms with E-state index in [1.807, 2.05) is 6.92 Å². The minimum Gasteiger partial charge on any atom is -0.338 e. The van der Waals surface area contributed by atoms with E-state index in [1.165, 1.54) is 23.1 Å². The maximum atomic E-state index is 13.5.